The monoisotopic (exact) mass is 242 g/mol. The van der Waals surface area contributed by atoms with E-state index in [0.29, 0.717) is 6.42 Å². The molecular weight excluding hydrogens is 218 g/mol. The van der Waals surface area contributed by atoms with E-state index in [4.69, 9.17) is 5.11 Å². The highest BCUT2D eigenvalue weighted by molar-refractivity contribution is 5.76. The third-order valence-electron chi connectivity index (χ3n) is 2.51. The molecule has 0 aliphatic heterocycles. The van der Waals surface area contributed by atoms with Crippen molar-refractivity contribution in [3.8, 4) is 0 Å². The fourth-order valence-electron chi connectivity index (χ4n) is 1.56. The van der Waals surface area contributed by atoms with E-state index in [9.17, 15) is 9.59 Å². The Bertz CT molecular complexity index is 217. The van der Waals surface area contributed by atoms with E-state index < -0.39 is 5.97 Å². The first-order valence-electron chi connectivity index (χ1n) is 6.49. The Labute approximate surface area is 104 Å². The summed E-state index contributed by atoms with van der Waals surface area (Å²) in [5.74, 6) is -0.619. The summed E-state index contributed by atoms with van der Waals surface area (Å²) in [5, 5.41) is 11.2. The van der Waals surface area contributed by atoms with Crippen LogP contribution in [0.15, 0.2) is 0 Å². The largest absolute Gasteiger partial charge is 0.481 e. The molecule has 0 atom stereocenters. The molecule has 99 valence electrons. The normalized spacial score (nSPS) is 10.2. The van der Waals surface area contributed by atoms with Crippen molar-refractivity contribution in [2.24, 2.45) is 0 Å². The second-order valence-electron chi connectivity index (χ2n) is 4.19. The number of carboxylic acids is 1. The van der Waals surface area contributed by atoms with Gasteiger partial charge in [-0.25, -0.2) is 0 Å². The minimum Gasteiger partial charge on any atom is -0.481 e. The van der Waals surface area contributed by atoms with Crippen LogP contribution in [0.1, 0.15) is 64.7 Å². The number of rotatable bonds is 11. The van der Waals surface area contributed by atoms with Crippen molar-refractivity contribution < 1.29 is 14.7 Å². The molecule has 0 saturated carbocycles. The van der Waals surface area contributed by atoms with E-state index in [2.05, 4.69) is 5.32 Å². The van der Waals surface area contributed by atoms with Gasteiger partial charge in [0.15, 0.2) is 0 Å². The number of unbranched alkanes of at least 4 members (excludes halogenated alkanes) is 5. The molecule has 0 aliphatic carbocycles. The van der Waals surface area contributed by atoms with Gasteiger partial charge < -0.3 is 10.4 Å². The van der Waals surface area contributed by atoms with Gasteiger partial charge in [-0.1, -0.05) is 32.6 Å². The van der Waals surface area contributed by atoms with Gasteiger partial charge in [0.25, 0.3) is 0 Å². The first kappa shape index (κ1) is 15.9. The average Bonchev–Trinajstić information content (AvgIpc) is 2.29. The highest BCUT2D eigenvalue weighted by Gasteiger charge is 2.00. The molecule has 0 aromatic carbocycles. The van der Waals surface area contributed by atoms with Gasteiger partial charge in [-0.05, 0) is 19.3 Å². The number of aliphatic carboxylic acids is 1. The van der Waals surface area contributed by atoms with Gasteiger partial charge in [-0.3, -0.25) is 9.59 Å². The zero-order valence-electron chi connectivity index (χ0n) is 10.7. The lowest BCUT2D eigenvalue weighted by Gasteiger charge is -2.03. The maximum absolute atomic E-state index is 11.2. The standard InChI is InChI=1S/C13H24NO3/c1-2-11-14-12(15)9-7-5-3-4-6-8-10-13(16)17/h11H,2-10H2,1H3,(H,14,15)(H,16,17). The highest BCUT2D eigenvalue weighted by atomic mass is 16.4. The number of carbonyl (C=O) groups is 2. The predicted octanol–water partition coefficient (Wildman–Crippen LogP) is 2.88. The van der Waals surface area contributed by atoms with Crippen molar-refractivity contribution in [3.05, 3.63) is 6.54 Å². The molecular formula is C13H24NO3. The van der Waals surface area contributed by atoms with E-state index in [1.165, 1.54) is 0 Å². The van der Waals surface area contributed by atoms with Gasteiger partial charge in [0.05, 0.1) is 0 Å². The summed E-state index contributed by atoms with van der Waals surface area (Å²) < 4.78 is 0. The first-order valence-corrected chi connectivity index (χ1v) is 6.49. The van der Waals surface area contributed by atoms with Gasteiger partial charge in [0.1, 0.15) is 0 Å². The molecule has 0 heterocycles. The van der Waals surface area contributed by atoms with Crippen molar-refractivity contribution in [3.63, 3.8) is 0 Å². The quantitative estimate of drug-likeness (QED) is 0.547. The molecule has 0 spiro atoms. The summed E-state index contributed by atoms with van der Waals surface area (Å²) in [7, 11) is 0. The second-order valence-corrected chi connectivity index (χ2v) is 4.19. The summed E-state index contributed by atoms with van der Waals surface area (Å²) in [6, 6.07) is 0. The Hall–Kier alpha value is -1.06. The number of hydrogen-bond donors (Lipinski definition) is 2. The summed E-state index contributed by atoms with van der Waals surface area (Å²) in [6.07, 6.45) is 7.58. The fourth-order valence-corrected chi connectivity index (χ4v) is 1.56. The molecule has 0 rings (SSSR count). The van der Waals surface area contributed by atoms with E-state index in [1.807, 2.05) is 6.92 Å². The zero-order chi connectivity index (χ0) is 12.9. The Kier molecular flexibility index (Phi) is 10.7. The average molecular weight is 242 g/mol. The number of nitrogens with one attached hydrogen (secondary N) is 1. The molecule has 0 saturated heterocycles. The van der Waals surface area contributed by atoms with Crippen molar-refractivity contribution >= 4 is 11.9 Å². The topological polar surface area (TPSA) is 66.4 Å². The summed E-state index contributed by atoms with van der Waals surface area (Å²) in [5.41, 5.74) is 0. The molecule has 0 unspecified atom stereocenters. The minimum absolute atomic E-state index is 0.0951. The Morgan fingerprint density at radius 2 is 1.53 bits per heavy atom. The molecule has 0 aromatic rings. The lowest BCUT2D eigenvalue weighted by Crippen LogP contribution is -2.19. The molecule has 0 fully saturated rings. The fraction of sp³-hybridized carbons (Fsp3) is 0.769. The molecule has 0 aliphatic rings. The van der Waals surface area contributed by atoms with Crippen LogP contribution >= 0.6 is 0 Å². The van der Waals surface area contributed by atoms with Crippen LogP contribution in [0, 0.1) is 6.54 Å². The van der Waals surface area contributed by atoms with E-state index >= 15 is 0 Å². The molecule has 1 amide bonds. The predicted molar refractivity (Wildman–Crippen MR) is 67.3 cm³/mol. The smallest absolute Gasteiger partial charge is 0.303 e. The lowest BCUT2D eigenvalue weighted by molar-refractivity contribution is -0.137. The van der Waals surface area contributed by atoms with Gasteiger partial charge >= 0.3 is 5.97 Å². The van der Waals surface area contributed by atoms with Crippen LogP contribution in [0.4, 0.5) is 0 Å². The van der Waals surface area contributed by atoms with Crippen molar-refractivity contribution in [1.82, 2.24) is 5.32 Å². The van der Waals surface area contributed by atoms with E-state index in [1.54, 1.807) is 6.54 Å². The van der Waals surface area contributed by atoms with Crippen LogP contribution in [0.2, 0.25) is 0 Å². The van der Waals surface area contributed by atoms with Crippen LogP contribution in [-0.2, 0) is 9.59 Å². The summed E-state index contributed by atoms with van der Waals surface area (Å²) in [4.78, 5) is 21.5. The lowest BCUT2D eigenvalue weighted by atomic mass is 10.1. The second kappa shape index (κ2) is 11.4. The molecule has 17 heavy (non-hydrogen) atoms. The Morgan fingerprint density at radius 3 is 2.06 bits per heavy atom. The number of hydrogen-bond acceptors (Lipinski definition) is 2. The molecule has 4 heteroatoms. The third-order valence-corrected chi connectivity index (χ3v) is 2.51. The summed E-state index contributed by atoms with van der Waals surface area (Å²) >= 11 is 0. The number of carboxylic acid groups (broad SMARTS) is 1. The maximum Gasteiger partial charge on any atom is 0.303 e. The molecule has 0 aromatic heterocycles. The Morgan fingerprint density at radius 1 is 1.00 bits per heavy atom. The molecule has 4 nitrogen and oxygen atoms in total. The number of amides is 1. The van der Waals surface area contributed by atoms with Gasteiger partial charge in [0.2, 0.25) is 5.91 Å². The first-order chi connectivity index (χ1) is 8.16. The Balaban J connectivity index is 3.12. The zero-order valence-corrected chi connectivity index (χ0v) is 10.7. The summed E-state index contributed by atoms with van der Waals surface area (Å²) in [6.45, 7) is 3.76. The maximum atomic E-state index is 11.2. The van der Waals surface area contributed by atoms with Gasteiger partial charge in [-0.2, -0.15) is 0 Å². The third kappa shape index (κ3) is 12.9. The van der Waals surface area contributed by atoms with Crippen molar-refractivity contribution in [2.45, 2.75) is 64.7 Å². The van der Waals surface area contributed by atoms with Crippen LogP contribution in [-0.4, -0.2) is 17.0 Å². The van der Waals surface area contributed by atoms with Crippen LogP contribution in [0.3, 0.4) is 0 Å². The van der Waals surface area contributed by atoms with Crippen molar-refractivity contribution in [1.29, 1.82) is 0 Å². The van der Waals surface area contributed by atoms with Crippen LogP contribution in [0.5, 0.6) is 0 Å². The van der Waals surface area contributed by atoms with E-state index in [-0.39, 0.29) is 12.3 Å². The molecule has 2 N–H and O–H groups in total. The molecule has 1 radical (unpaired) electrons. The van der Waals surface area contributed by atoms with Gasteiger partial charge in [-0.15, -0.1) is 0 Å². The van der Waals surface area contributed by atoms with E-state index in [0.717, 1.165) is 44.9 Å². The van der Waals surface area contributed by atoms with Crippen molar-refractivity contribution in [2.75, 3.05) is 0 Å². The number of carbonyl (C=O) groups excluding carboxylic acids is 1. The van der Waals surface area contributed by atoms with Crippen LogP contribution < -0.4 is 5.32 Å². The SMILES string of the molecule is CC[CH]NC(=O)CCCCCCCCC(=O)O. The molecule has 0 bridgehead atoms. The van der Waals surface area contributed by atoms with Crippen LogP contribution in [0.25, 0.3) is 0 Å². The highest BCUT2D eigenvalue weighted by Crippen LogP contribution is 2.08. The minimum atomic E-state index is -0.714. The van der Waals surface area contributed by atoms with Gasteiger partial charge in [0, 0.05) is 19.4 Å².